The van der Waals surface area contributed by atoms with Crippen molar-refractivity contribution in [3.63, 3.8) is 0 Å². The summed E-state index contributed by atoms with van der Waals surface area (Å²) in [5.41, 5.74) is 0.182. The molecule has 114 valence electrons. The van der Waals surface area contributed by atoms with Gasteiger partial charge in [-0.2, -0.15) is 0 Å². The first kappa shape index (κ1) is 14.6. The minimum atomic E-state index is -0.551. The maximum absolute atomic E-state index is 12.4. The molecule has 2 aromatic heterocycles. The molecule has 22 heavy (non-hydrogen) atoms. The van der Waals surface area contributed by atoms with E-state index in [1.165, 1.54) is 22.5 Å². The van der Waals surface area contributed by atoms with Crippen molar-refractivity contribution in [1.29, 1.82) is 0 Å². The molecule has 0 saturated heterocycles. The Morgan fingerprint density at radius 1 is 1.41 bits per heavy atom. The third-order valence-corrected chi connectivity index (χ3v) is 4.57. The highest BCUT2D eigenvalue weighted by atomic mass is 32.1. The van der Waals surface area contributed by atoms with Crippen LogP contribution in [0, 0.1) is 0 Å². The van der Waals surface area contributed by atoms with E-state index in [0.29, 0.717) is 5.76 Å². The highest BCUT2D eigenvalue weighted by Gasteiger charge is 2.43. The second kappa shape index (κ2) is 5.81. The largest absolute Gasteiger partial charge is 0.503 e. The number of aliphatic hydroxyl groups excluding tert-OH is 1. The van der Waals surface area contributed by atoms with Crippen molar-refractivity contribution in [2.75, 3.05) is 0 Å². The van der Waals surface area contributed by atoms with Gasteiger partial charge in [0.25, 0.3) is 5.91 Å². The number of amides is 1. The first-order valence-corrected chi connectivity index (χ1v) is 7.84. The van der Waals surface area contributed by atoms with Crippen LogP contribution in [-0.4, -0.2) is 21.7 Å². The van der Waals surface area contributed by atoms with Gasteiger partial charge in [-0.1, -0.05) is 13.0 Å². The number of hydrogen-bond donors (Lipinski definition) is 1. The molecule has 0 fully saturated rings. The van der Waals surface area contributed by atoms with Gasteiger partial charge < -0.3 is 14.4 Å². The molecule has 1 aliphatic heterocycles. The standard InChI is InChI=1S/C16H15NO4S/c1-2-11(18)13-14(12-6-4-8-22-12)17(16(20)15(13)19)9-10-5-3-7-21-10/h3-8,14,19H,2,9H2,1H3. The van der Waals surface area contributed by atoms with Crippen LogP contribution in [0.2, 0.25) is 0 Å². The second-order valence-corrected chi connectivity index (χ2v) is 5.95. The second-order valence-electron chi connectivity index (χ2n) is 4.97. The number of carbonyl (C=O) groups is 2. The molecule has 0 bridgehead atoms. The summed E-state index contributed by atoms with van der Waals surface area (Å²) >= 11 is 1.45. The fraction of sp³-hybridized carbons (Fsp3) is 0.250. The summed E-state index contributed by atoms with van der Waals surface area (Å²) < 4.78 is 5.29. The Morgan fingerprint density at radius 2 is 2.23 bits per heavy atom. The molecule has 0 spiro atoms. The third kappa shape index (κ3) is 2.35. The lowest BCUT2D eigenvalue weighted by molar-refractivity contribution is -0.130. The van der Waals surface area contributed by atoms with E-state index in [9.17, 15) is 14.7 Å². The monoisotopic (exact) mass is 317 g/mol. The Labute approximate surface area is 131 Å². The molecule has 5 nitrogen and oxygen atoms in total. The molecule has 1 amide bonds. The van der Waals surface area contributed by atoms with Crippen LogP contribution in [0.4, 0.5) is 0 Å². The first-order chi connectivity index (χ1) is 10.6. The number of aliphatic hydroxyl groups is 1. The molecule has 0 radical (unpaired) electrons. The molecule has 3 rings (SSSR count). The van der Waals surface area contributed by atoms with Crippen molar-refractivity contribution in [1.82, 2.24) is 4.90 Å². The van der Waals surface area contributed by atoms with Crippen LogP contribution in [0.1, 0.15) is 30.0 Å². The Bertz CT molecular complexity index is 715. The lowest BCUT2D eigenvalue weighted by Crippen LogP contribution is -2.30. The van der Waals surface area contributed by atoms with Crippen molar-refractivity contribution in [3.05, 3.63) is 57.9 Å². The highest BCUT2D eigenvalue weighted by Crippen LogP contribution is 2.40. The molecule has 6 heteroatoms. The average Bonchev–Trinajstić information content (AvgIpc) is 3.24. The van der Waals surface area contributed by atoms with E-state index in [1.54, 1.807) is 19.1 Å². The maximum Gasteiger partial charge on any atom is 0.290 e. The van der Waals surface area contributed by atoms with Crippen LogP contribution < -0.4 is 0 Å². The summed E-state index contributed by atoms with van der Waals surface area (Å²) in [6.45, 7) is 1.92. The minimum absolute atomic E-state index is 0.182. The summed E-state index contributed by atoms with van der Waals surface area (Å²) in [5.74, 6) is -0.595. The van der Waals surface area contributed by atoms with Gasteiger partial charge in [0.1, 0.15) is 5.76 Å². The molecule has 1 unspecified atom stereocenters. The number of hydrogen-bond acceptors (Lipinski definition) is 5. The van der Waals surface area contributed by atoms with Crippen molar-refractivity contribution >= 4 is 23.0 Å². The van der Waals surface area contributed by atoms with Gasteiger partial charge in [0.2, 0.25) is 0 Å². The molecule has 2 aromatic rings. The molecule has 1 N–H and O–H groups in total. The Kier molecular flexibility index (Phi) is 3.85. The molecule has 0 saturated carbocycles. The number of ketones is 1. The fourth-order valence-electron chi connectivity index (χ4n) is 2.61. The van der Waals surface area contributed by atoms with Crippen LogP contribution in [-0.2, 0) is 16.1 Å². The molecule has 0 aromatic carbocycles. The predicted octanol–water partition coefficient (Wildman–Crippen LogP) is 3.22. The van der Waals surface area contributed by atoms with Crippen molar-refractivity contribution in [2.24, 2.45) is 0 Å². The van der Waals surface area contributed by atoms with Crippen LogP contribution in [0.15, 0.2) is 51.7 Å². The summed E-state index contributed by atoms with van der Waals surface area (Å²) in [6, 6.07) is 6.67. The Morgan fingerprint density at radius 3 is 2.82 bits per heavy atom. The summed E-state index contributed by atoms with van der Waals surface area (Å²) in [6.07, 6.45) is 1.77. The van der Waals surface area contributed by atoms with Gasteiger partial charge in [-0.05, 0) is 23.6 Å². The van der Waals surface area contributed by atoms with E-state index in [-0.39, 0.29) is 24.3 Å². The van der Waals surface area contributed by atoms with Gasteiger partial charge in [0.15, 0.2) is 11.5 Å². The predicted molar refractivity (Wildman–Crippen MR) is 81.3 cm³/mol. The number of nitrogens with zero attached hydrogens (tertiary/aromatic N) is 1. The molecule has 1 aliphatic rings. The average molecular weight is 317 g/mol. The lowest BCUT2D eigenvalue weighted by atomic mass is 10.0. The molecule has 3 heterocycles. The van der Waals surface area contributed by atoms with Crippen LogP contribution in [0.25, 0.3) is 0 Å². The number of rotatable bonds is 5. The van der Waals surface area contributed by atoms with Gasteiger partial charge in [0.05, 0.1) is 24.4 Å². The van der Waals surface area contributed by atoms with Gasteiger partial charge >= 0.3 is 0 Å². The van der Waals surface area contributed by atoms with Crippen LogP contribution >= 0.6 is 11.3 Å². The SMILES string of the molecule is CCC(=O)C1=C(O)C(=O)N(Cc2ccco2)C1c1cccs1. The van der Waals surface area contributed by atoms with Gasteiger partial charge in [-0.15, -0.1) is 11.3 Å². The third-order valence-electron chi connectivity index (χ3n) is 3.64. The summed E-state index contributed by atoms with van der Waals surface area (Å²) in [5, 5.41) is 12.1. The Balaban J connectivity index is 2.03. The van der Waals surface area contributed by atoms with Crippen molar-refractivity contribution in [3.8, 4) is 0 Å². The number of thiophene rings is 1. The van der Waals surface area contributed by atoms with E-state index in [2.05, 4.69) is 0 Å². The fourth-order valence-corrected chi connectivity index (χ4v) is 3.45. The number of carbonyl (C=O) groups excluding carboxylic acids is 2. The molecular formula is C16H15NO4S. The zero-order chi connectivity index (χ0) is 15.7. The summed E-state index contributed by atoms with van der Waals surface area (Å²) in [7, 11) is 0. The van der Waals surface area contributed by atoms with E-state index in [0.717, 1.165) is 4.88 Å². The lowest BCUT2D eigenvalue weighted by Gasteiger charge is -2.24. The zero-order valence-corrected chi connectivity index (χ0v) is 12.8. The normalized spacial score (nSPS) is 18.3. The highest BCUT2D eigenvalue weighted by molar-refractivity contribution is 7.10. The topological polar surface area (TPSA) is 70.8 Å². The quantitative estimate of drug-likeness (QED) is 0.919. The van der Waals surface area contributed by atoms with Crippen LogP contribution in [0.3, 0.4) is 0 Å². The van der Waals surface area contributed by atoms with Gasteiger partial charge in [-0.3, -0.25) is 9.59 Å². The maximum atomic E-state index is 12.4. The smallest absolute Gasteiger partial charge is 0.290 e. The van der Waals surface area contributed by atoms with Crippen molar-refractivity contribution in [2.45, 2.75) is 25.9 Å². The minimum Gasteiger partial charge on any atom is -0.503 e. The van der Waals surface area contributed by atoms with Gasteiger partial charge in [0, 0.05) is 11.3 Å². The van der Waals surface area contributed by atoms with E-state index >= 15 is 0 Å². The van der Waals surface area contributed by atoms with E-state index < -0.39 is 17.7 Å². The summed E-state index contributed by atoms with van der Waals surface area (Å²) in [4.78, 5) is 26.9. The molecular weight excluding hydrogens is 302 g/mol. The number of furan rings is 1. The molecule has 0 aliphatic carbocycles. The van der Waals surface area contributed by atoms with Gasteiger partial charge in [-0.25, -0.2) is 0 Å². The first-order valence-electron chi connectivity index (χ1n) is 6.96. The van der Waals surface area contributed by atoms with E-state index in [1.807, 2.05) is 17.5 Å². The molecule has 1 atom stereocenters. The number of Topliss-reactive ketones (excluding diaryl/α,β-unsaturated/α-hetero) is 1. The zero-order valence-electron chi connectivity index (χ0n) is 12.0. The van der Waals surface area contributed by atoms with Crippen LogP contribution in [0.5, 0.6) is 0 Å². The Hall–Kier alpha value is -2.34. The van der Waals surface area contributed by atoms with Crippen molar-refractivity contribution < 1.29 is 19.1 Å². The van der Waals surface area contributed by atoms with E-state index in [4.69, 9.17) is 4.42 Å².